The molecule has 1 aliphatic rings. The Hall–Kier alpha value is -2.15. The van der Waals surface area contributed by atoms with Crippen molar-refractivity contribution in [1.82, 2.24) is 9.88 Å². The third-order valence-electron chi connectivity index (χ3n) is 6.21. The minimum Gasteiger partial charge on any atom is -0.361 e. The van der Waals surface area contributed by atoms with Crippen molar-refractivity contribution in [2.45, 2.75) is 57.0 Å². The first-order chi connectivity index (χ1) is 13.8. The van der Waals surface area contributed by atoms with Gasteiger partial charge in [-0.25, -0.2) is 13.6 Å². The molecule has 0 amide bonds. The molecular formula is C23H29N3O2S. The number of sulfonamides is 1. The van der Waals surface area contributed by atoms with Crippen molar-refractivity contribution in [1.29, 1.82) is 0 Å². The first-order valence-electron chi connectivity index (χ1n) is 10.2. The fraction of sp³-hybridized carbons (Fsp3) is 0.391. The zero-order chi connectivity index (χ0) is 20.6. The van der Waals surface area contributed by atoms with Gasteiger partial charge in [0.25, 0.3) is 0 Å². The Bertz CT molecular complexity index is 1120. The predicted octanol–water partition coefficient (Wildman–Crippen LogP) is 4.03. The van der Waals surface area contributed by atoms with E-state index in [0.29, 0.717) is 6.04 Å². The number of aromatic amines is 1. The first kappa shape index (κ1) is 20.1. The van der Waals surface area contributed by atoms with E-state index in [4.69, 9.17) is 5.14 Å². The average Bonchev–Trinajstić information content (AvgIpc) is 3.16. The lowest BCUT2D eigenvalue weighted by molar-refractivity contribution is 0.139. The van der Waals surface area contributed by atoms with E-state index in [0.717, 1.165) is 31.5 Å². The van der Waals surface area contributed by atoms with E-state index in [1.54, 1.807) is 12.1 Å². The molecule has 6 heteroatoms. The van der Waals surface area contributed by atoms with Crippen LogP contribution in [-0.2, 0) is 23.0 Å². The highest BCUT2D eigenvalue weighted by atomic mass is 32.2. The van der Waals surface area contributed by atoms with Gasteiger partial charge in [-0.1, -0.05) is 24.6 Å². The van der Waals surface area contributed by atoms with E-state index in [-0.39, 0.29) is 4.90 Å². The lowest BCUT2D eigenvalue weighted by Gasteiger charge is -2.36. The minimum atomic E-state index is -3.64. The Labute approximate surface area is 173 Å². The quantitative estimate of drug-likeness (QED) is 0.665. The number of nitrogens with two attached hydrogens (primary N) is 1. The van der Waals surface area contributed by atoms with Gasteiger partial charge in [-0.3, -0.25) is 4.90 Å². The molecule has 1 saturated heterocycles. The summed E-state index contributed by atoms with van der Waals surface area (Å²) in [6, 6.07) is 12.0. The Morgan fingerprint density at radius 2 is 1.86 bits per heavy atom. The van der Waals surface area contributed by atoms with Gasteiger partial charge in [-0.15, -0.1) is 0 Å². The highest BCUT2D eigenvalue weighted by molar-refractivity contribution is 7.89. The van der Waals surface area contributed by atoms with Crippen LogP contribution in [0.1, 0.15) is 41.5 Å². The summed E-state index contributed by atoms with van der Waals surface area (Å²) < 4.78 is 23.0. The monoisotopic (exact) mass is 411 g/mol. The summed E-state index contributed by atoms with van der Waals surface area (Å²) in [7, 11) is -3.64. The number of nitrogens with zero attached hydrogens (tertiary/aromatic N) is 1. The standard InChI is InChI=1S/C23H29N3O2S/c1-16-13-17(2)23-21(10-11-25-23)22(16)15-26-12-4-3-5-19(26)14-18-6-8-20(9-7-18)29(24,27)28/h6-11,13,19,25H,3-5,12,14-15H2,1-2H3,(H2,24,27,28). The summed E-state index contributed by atoms with van der Waals surface area (Å²) in [5.41, 5.74) is 6.43. The van der Waals surface area contributed by atoms with Crippen LogP contribution >= 0.6 is 0 Å². The molecule has 3 N–H and O–H groups in total. The van der Waals surface area contributed by atoms with Gasteiger partial charge < -0.3 is 4.98 Å². The summed E-state index contributed by atoms with van der Waals surface area (Å²) in [6.07, 6.45) is 6.58. The van der Waals surface area contributed by atoms with Gasteiger partial charge in [0.15, 0.2) is 0 Å². The number of rotatable bonds is 5. The highest BCUT2D eigenvalue weighted by Crippen LogP contribution is 2.29. The van der Waals surface area contributed by atoms with Crippen molar-refractivity contribution >= 4 is 20.9 Å². The molecule has 1 aromatic heterocycles. The Morgan fingerprint density at radius 3 is 2.59 bits per heavy atom. The van der Waals surface area contributed by atoms with Crippen molar-refractivity contribution in [2.24, 2.45) is 5.14 Å². The SMILES string of the molecule is Cc1cc(C)c2[nH]ccc2c1CN1CCCCC1Cc1ccc(S(N)(=O)=O)cc1. The normalized spacial score (nSPS) is 18.4. The van der Waals surface area contributed by atoms with Crippen LogP contribution in [0.2, 0.25) is 0 Å². The van der Waals surface area contributed by atoms with Crippen LogP contribution in [0.3, 0.4) is 0 Å². The van der Waals surface area contributed by atoms with Gasteiger partial charge in [0, 0.05) is 29.7 Å². The maximum absolute atomic E-state index is 11.5. The second-order valence-electron chi connectivity index (χ2n) is 8.27. The van der Waals surface area contributed by atoms with Crippen molar-refractivity contribution in [3.63, 3.8) is 0 Å². The summed E-state index contributed by atoms with van der Waals surface area (Å²) in [6.45, 7) is 6.41. The lowest BCUT2D eigenvalue weighted by atomic mass is 9.93. The van der Waals surface area contributed by atoms with Gasteiger partial charge in [0.1, 0.15) is 0 Å². The van der Waals surface area contributed by atoms with E-state index in [9.17, 15) is 8.42 Å². The van der Waals surface area contributed by atoms with Crippen LogP contribution < -0.4 is 5.14 Å². The van der Waals surface area contributed by atoms with Crippen molar-refractivity contribution in [3.8, 4) is 0 Å². The van der Waals surface area contributed by atoms with Gasteiger partial charge in [0.05, 0.1) is 4.90 Å². The molecule has 0 bridgehead atoms. The number of likely N-dealkylation sites (tertiary alicyclic amines) is 1. The molecule has 154 valence electrons. The van der Waals surface area contributed by atoms with E-state index in [1.165, 1.54) is 40.4 Å². The van der Waals surface area contributed by atoms with Gasteiger partial charge in [-0.05, 0) is 80.1 Å². The van der Waals surface area contributed by atoms with E-state index in [2.05, 4.69) is 35.9 Å². The number of benzene rings is 2. The van der Waals surface area contributed by atoms with Crippen LogP contribution in [-0.4, -0.2) is 30.9 Å². The van der Waals surface area contributed by atoms with Crippen molar-refractivity contribution in [2.75, 3.05) is 6.54 Å². The topological polar surface area (TPSA) is 79.2 Å². The molecule has 0 spiro atoms. The smallest absolute Gasteiger partial charge is 0.238 e. The van der Waals surface area contributed by atoms with Crippen LogP contribution in [0.25, 0.3) is 10.9 Å². The number of piperidine rings is 1. The third-order valence-corrected chi connectivity index (χ3v) is 7.14. The fourth-order valence-corrected chi connectivity index (χ4v) is 5.16. The molecule has 1 unspecified atom stereocenters. The third kappa shape index (κ3) is 4.25. The predicted molar refractivity (Wildman–Crippen MR) is 117 cm³/mol. The summed E-state index contributed by atoms with van der Waals surface area (Å²) in [5.74, 6) is 0. The zero-order valence-electron chi connectivity index (χ0n) is 17.1. The largest absolute Gasteiger partial charge is 0.361 e. The maximum Gasteiger partial charge on any atom is 0.238 e. The number of aromatic nitrogens is 1. The molecule has 1 atom stereocenters. The number of fused-ring (bicyclic) bond motifs is 1. The number of hydrogen-bond acceptors (Lipinski definition) is 3. The number of hydrogen-bond donors (Lipinski definition) is 2. The van der Waals surface area contributed by atoms with Crippen molar-refractivity contribution in [3.05, 3.63) is 64.8 Å². The summed E-state index contributed by atoms with van der Waals surface area (Å²) in [5, 5.41) is 6.55. The maximum atomic E-state index is 11.5. The molecular weight excluding hydrogens is 382 g/mol. The first-order valence-corrected chi connectivity index (χ1v) is 11.8. The Morgan fingerprint density at radius 1 is 1.10 bits per heavy atom. The molecule has 0 saturated carbocycles. The number of aryl methyl sites for hydroxylation is 2. The Balaban J connectivity index is 1.57. The van der Waals surface area contributed by atoms with Gasteiger partial charge >= 0.3 is 0 Å². The number of primary sulfonamides is 1. The van der Waals surface area contributed by atoms with E-state index in [1.807, 2.05) is 18.3 Å². The zero-order valence-corrected chi connectivity index (χ0v) is 17.9. The molecule has 29 heavy (non-hydrogen) atoms. The van der Waals surface area contributed by atoms with E-state index >= 15 is 0 Å². The summed E-state index contributed by atoms with van der Waals surface area (Å²) in [4.78, 5) is 6.15. The van der Waals surface area contributed by atoms with E-state index < -0.39 is 10.0 Å². The minimum absolute atomic E-state index is 0.173. The average molecular weight is 412 g/mol. The molecule has 1 aliphatic heterocycles. The second-order valence-corrected chi connectivity index (χ2v) is 9.83. The fourth-order valence-electron chi connectivity index (χ4n) is 4.64. The Kier molecular flexibility index (Phi) is 5.51. The molecule has 2 heterocycles. The molecule has 5 nitrogen and oxygen atoms in total. The van der Waals surface area contributed by atoms with Gasteiger partial charge in [-0.2, -0.15) is 0 Å². The van der Waals surface area contributed by atoms with Crippen LogP contribution in [0.5, 0.6) is 0 Å². The molecule has 4 rings (SSSR count). The highest BCUT2D eigenvalue weighted by Gasteiger charge is 2.24. The second kappa shape index (κ2) is 7.94. The molecule has 3 aromatic rings. The van der Waals surface area contributed by atoms with Crippen LogP contribution in [0.15, 0.2) is 47.5 Å². The molecule has 1 fully saturated rings. The molecule has 0 aliphatic carbocycles. The number of nitrogens with one attached hydrogen (secondary N) is 1. The van der Waals surface area contributed by atoms with Crippen molar-refractivity contribution < 1.29 is 8.42 Å². The van der Waals surface area contributed by atoms with Crippen LogP contribution in [0.4, 0.5) is 0 Å². The van der Waals surface area contributed by atoms with Gasteiger partial charge in [0.2, 0.25) is 10.0 Å². The lowest BCUT2D eigenvalue weighted by Crippen LogP contribution is -2.40. The van der Waals surface area contributed by atoms with Crippen LogP contribution in [0, 0.1) is 13.8 Å². The molecule has 0 radical (unpaired) electrons. The summed E-state index contributed by atoms with van der Waals surface area (Å²) >= 11 is 0. The molecule has 2 aromatic carbocycles. The number of H-pyrrole nitrogens is 1.